The molecule has 4 rings (SSSR count). The minimum absolute atomic E-state index is 0.0431. The molecule has 2 aromatic heterocycles. The van der Waals surface area contributed by atoms with Crippen LogP contribution in [0.1, 0.15) is 25.6 Å². The summed E-state index contributed by atoms with van der Waals surface area (Å²) in [6.07, 6.45) is -4.88. The van der Waals surface area contributed by atoms with Crippen molar-refractivity contribution in [3.8, 4) is 0 Å². The molecule has 0 bridgehead atoms. The second kappa shape index (κ2) is 11.8. The molecule has 0 spiro atoms. The van der Waals surface area contributed by atoms with E-state index >= 15 is 0 Å². The summed E-state index contributed by atoms with van der Waals surface area (Å²) >= 11 is 0. The third kappa shape index (κ3) is 6.94. The first kappa shape index (κ1) is 31.1. The number of imidazole rings is 1. The molecular formula is C20H28N5O11P3S. The number of aliphatic hydroxyl groups is 2. The number of fused-ring (bicyclic) bond motifs is 1. The minimum Gasteiger partial charge on any atom is -0.387 e. The minimum atomic E-state index is -4.86. The van der Waals surface area contributed by atoms with Gasteiger partial charge in [0.2, 0.25) is 9.84 Å². The number of nitrogens with zero attached hydrogens (tertiary/aromatic N) is 4. The van der Waals surface area contributed by atoms with Gasteiger partial charge in [0.05, 0.1) is 18.2 Å². The summed E-state index contributed by atoms with van der Waals surface area (Å²) in [7, 11) is -15.3. The highest BCUT2D eigenvalue weighted by molar-refractivity contribution is 8.51. The van der Waals surface area contributed by atoms with Gasteiger partial charge >= 0.3 is 14.6 Å². The summed E-state index contributed by atoms with van der Waals surface area (Å²) in [6, 6.07) is 9.23. The first-order chi connectivity index (χ1) is 18.6. The largest absolute Gasteiger partial charge is 0.387 e. The Labute approximate surface area is 230 Å². The molecule has 1 aromatic carbocycles. The summed E-state index contributed by atoms with van der Waals surface area (Å²) in [5.74, 6) is 0.0967. The van der Waals surface area contributed by atoms with Crippen LogP contribution in [0, 0.1) is 0 Å². The highest BCUT2D eigenvalue weighted by Crippen LogP contribution is 2.78. The van der Waals surface area contributed by atoms with Crippen LogP contribution in [0.2, 0.25) is 0 Å². The standard InChI is InChI=1S/C20H28N5O11P3S/c1-11(2)40(33,34)20-23-17(21-8-12-6-4-3-5-7-12)14-18(24-20)25(10-22-14)19-16(27)15(26)13(36-19)9-35-39(31,32)37-38(28,29)30/h3-7,10-11,13,15-16,19,26-27,37H,8-9H2,1-2H3,(H,31,32)(H,21,23,24)(H2,28,29,30)/t13-,15-,16-,19-/m1/s1. The van der Waals surface area contributed by atoms with Gasteiger partial charge in [0.25, 0.3) is 5.16 Å². The predicted octanol–water partition coefficient (Wildman–Crippen LogP) is 1.13. The molecule has 16 nitrogen and oxygen atoms in total. The van der Waals surface area contributed by atoms with Crippen LogP contribution in [-0.4, -0.2) is 83.0 Å². The zero-order valence-corrected chi connectivity index (χ0v) is 24.6. The fourth-order valence-corrected chi connectivity index (χ4v) is 10.2. The van der Waals surface area contributed by atoms with Crippen molar-refractivity contribution in [1.29, 1.82) is 0 Å². The number of ether oxygens (including phenoxy) is 1. The van der Waals surface area contributed by atoms with Crippen molar-refractivity contribution in [2.75, 3.05) is 11.9 Å². The van der Waals surface area contributed by atoms with Crippen molar-refractivity contribution in [2.24, 2.45) is 0 Å². The van der Waals surface area contributed by atoms with Crippen molar-refractivity contribution >= 4 is 49.3 Å². The normalized spacial score (nSPS) is 23.8. The lowest BCUT2D eigenvalue weighted by Crippen LogP contribution is -2.33. The van der Waals surface area contributed by atoms with Gasteiger partial charge in [-0.25, -0.2) is 13.4 Å². The molecule has 0 aliphatic carbocycles. The summed E-state index contributed by atoms with van der Waals surface area (Å²) in [6.45, 7) is 2.43. The van der Waals surface area contributed by atoms with Gasteiger partial charge in [0, 0.05) is 6.54 Å². The molecule has 220 valence electrons. The smallest absolute Gasteiger partial charge is 0.356 e. The van der Waals surface area contributed by atoms with E-state index in [1.165, 1.54) is 24.7 Å². The third-order valence-corrected chi connectivity index (χ3v) is 15.4. The molecule has 6 N–H and O–H groups in total. The van der Waals surface area contributed by atoms with Gasteiger partial charge in [0.1, 0.15) is 26.3 Å². The fourth-order valence-electron chi connectivity index (χ4n) is 3.79. The predicted molar refractivity (Wildman–Crippen MR) is 143 cm³/mol. The van der Waals surface area contributed by atoms with E-state index in [-0.39, 0.29) is 23.5 Å². The van der Waals surface area contributed by atoms with E-state index in [2.05, 4.69) is 20.3 Å². The molecule has 1 saturated heterocycles. The number of anilines is 1. The summed E-state index contributed by atoms with van der Waals surface area (Å²) < 4.78 is 60.6. The fraction of sp³-hybridized carbons (Fsp3) is 0.450. The SMILES string of the molecule is CC(C)S(=O)(=O)c1nc(NCc2ccccc2)c2ncn([C@@H]3O[C@H](COP(=O)(O)PP(=O)(O)O)[C@@H](O)[C@H]3O)c2n1. The lowest BCUT2D eigenvalue weighted by molar-refractivity contribution is -0.0479. The Balaban J connectivity index is 1.66. The van der Waals surface area contributed by atoms with Crippen molar-refractivity contribution in [2.45, 2.75) is 55.3 Å². The van der Waals surface area contributed by atoms with E-state index in [1.807, 2.05) is 30.3 Å². The van der Waals surface area contributed by atoms with Gasteiger partial charge in [0.15, 0.2) is 23.2 Å². The average molecular weight is 639 g/mol. The van der Waals surface area contributed by atoms with Crippen LogP contribution in [0.5, 0.6) is 0 Å². The van der Waals surface area contributed by atoms with Crippen molar-refractivity contribution in [3.05, 3.63) is 42.2 Å². The van der Waals surface area contributed by atoms with Gasteiger partial charge in [-0.05, 0) is 19.4 Å². The summed E-state index contributed by atoms with van der Waals surface area (Å²) in [4.78, 5) is 40.3. The third-order valence-electron chi connectivity index (χ3n) is 5.86. The Hall–Kier alpha value is -1.87. The van der Waals surface area contributed by atoms with E-state index in [0.717, 1.165) is 5.56 Å². The molecule has 0 saturated carbocycles. The van der Waals surface area contributed by atoms with Crippen molar-refractivity contribution < 1.29 is 51.7 Å². The van der Waals surface area contributed by atoms with Crippen molar-refractivity contribution in [3.63, 3.8) is 0 Å². The number of aliphatic hydroxyl groups excluding tert-OH is 2. The Morgan fingerprint density at radius 3 is 2.42 bits per heavy atom. The summed E-state index contributed by atoms with van der Waals surface area (Å²) in [5.41, 5.74) is 0.979. The molecular weight excluding hydrogens is 611 g/mol. The molecule has 1 aliphatic rings. The van der Waals surface area contributed by atoms with Crippen LogP contribution in [-0.2, 0) is 34.8 Å². The maximum Gasteiger partial charge on any atom is 0.356 e. The molecule has 6 atom stereocenters. The maximum atomic E-state index is 13.0. The van der Waals surface area contributed by atoms with Gasteiger partial charge in [-0.15, -0.1) is 0 Å². The first-order valence-corrected chi connectivity index (χ1v) is 19.1. The van der Waals surface area contributed by atoms with Crippen LogP contribution in [0.25, 0.3) is 11.2 Å². The van der Waals surface area contributed by atoms with Gasteiger partial charge in [-0.3, -0.25) is 13.7 Å². The van der Waals surface area contributed by atoms with Crippen LogP contribution in [0.3, 0.4) is 0 Å². The second-order valence-corrected chi connectivity index (χ2v) is 19.9. The monoisotopic (exact) mass is 639 g/mol. The van der Waals surface area contributed by atoms with Gasteiger partial charge in [-0.1, -0.05) is 30.3 Å². The maximum absolute atomic E-state index is 13.0. The highest BCUT2D eigenvalue weighted by Gasteiger charge is 2.46. The number of nitrogens with one attached hydrogen (secondary N) is 1. The number of hydrogen-bond donors (Lipinski definition) is 6. The van der Waals surface area contributed by atoms with Crippen LogP contribution >= 0.6 is 22.5 Å². The van der Waals surface area contributed by atoms with E-state index in [4.69, 9.17) is 19.0 Å². The number of aromatic nitrogens is 4. The Morgan fingerprint density at radius 1 is 1.12 bits per heavy atom. The second-order valence-electron chi connectivity index (χ2n) is 9.12. The summed E-state index contributed by atoms with van der Waals surface area (Å²) in [5, 5.41) is 22.9. The lowest BCUT2D eigenvalue weighted by Gasteiger charge is -2.18. The average Bonchev–Trinajstić information content (AvgIpc) is 3.41. The van der Waals surface area contributed by atoms with Gasteiger partial charge in [-0.2, -0.15) is 9.97 Å². The van der Waals surface area contributed by atoms with Crippen molar-refractivity contribution in [1.82, 2.24) is 19.5 Å². The zero-order valence-electron chi connectivity index (χ0n) is 21.0. The van der Waals surface area contributed by atoms with E-state index in [0.29, 0.717) is 0 Å². The topological polar surface area (TPSA) is 244 Å². The zero-order chi connectivity index (χ0) is 29.5. The number of benzene rings is 1. The molecule has 40 heavy (non-hydrogen) atoms. The molecule has 20 heteroatoms. The van der Waals surface area contributed by atoms with E-state index in [1.54, 1.807) is 0 Å². The van der Waals surface area contributed by atoms with E-state index in [9.17, 15) is 32.7 Å². The Bertz CT molecular complexity index is 1570. The highest BCUT2D eigenvalue weighted by atomic mass is 32.5. The Kier molecular flexibility index (Phi) is 9.16. The Morgan fingerprint density at radius 2 is 1.80 bits per heavy atom. The first-order valence-electron chi connectivity index (χ1n) is 11.7. The number of sulfone groups is 1. The quantitative estimate of drug-likeness (QED) is 0.127. The van der Waals surface area contributed by atoms with Crippen LogP contribution in [0.4, 0.5) is 5.82 Å². The van der Waals surface area contributed by atoms with E-state index < -0.39 is 73.9 Å². The molecule has 1 fully saturated rings. The van der Waals surface area contributed by atoms with Crippen LogP contribution in [0.15, 0.2) is 41.8 Å². The molecule has 3 aromatic rings. The molecule has 2 unspecified atom stereocenters. The molecule has 0 amide bonds. The molecule has 1 aliphatic heterocycles. The van der Waals surface area contributed by atoms with Crippen LogP contribution < -0.4 is 5.32 Å². The van der Waals surface area contributed by atoms with Gasteiger partial charge < -0.3 is 39.5 Å². The number of rotatable bonds is 11. The molecule has 3 heterocycles. The lowest BCUT2D eigenvalue weighted by atomic mass is 10.1. The molecule has 0 radical (unpaired) electrons. The number of hydrogen-bond acceptors (Lipinski definition) is 12.